The Bertz CT molecular complexity index is 259. The number of carbonyl (C=O) groups is 1. The van der Waals surface area contributed by atoms with Crippen molar-refractivity contribution in [1.82, 2.24) is 10.6 Å². The average molecular weight is 275 g/mol. The fourth-order valence-corrected chi connectivity index (χ4v) is 3.15. The van der Waals surface area contributed by atoms with E-state index in [2.05, 4.69) is 17.6 Å². The molecule has 1 heterocycles. The number of piperidine rings is 1. The van der Waals surface area contributed by atoms with Crippen LogP contribution in [0, 0.1) is 11.3 Å². The lowest BCUT2D eigenvalue weighted by molar-refractivity contribution is -0.131. The Morgan fingerprint density at radius 3 is 2.67 bits per heavy atom. The number of nitrogens with one attached hydrogen (secondary N) is 2. The second-order valence-electron chi connectivity index (χ2n) is 6.04. The predicted octanol–water partition coefficient (Wildman–Crippen LogP) is 2.49. The third-order valence-electron chi connectivity index (χ3n) is 4.46. The molecule has 1 aliphatic heterocycles. The van der Waals surface area contributed by atoms with Gasteiger partial charge >= 0.3 is 0 Å². The predicted molar refractivity (Wildman–Crippen MR) is 77.0 cm³/mol. The summed E-state index contributed by atoms with van der Waals surface area (Å²) >= 11 is 0. The van der Waals surface area contributed by atoms with Gasteiger partial charge in [-0.3, -0.25) is 4.79 Å². The van der Waals surface area contributed by atoms with Crippen molar-refractivity contribution in [3.05, 3.63) is 0 Å². The summed E-state index contributed by atoms with van der Waals surface area (Å²) in [6.45, 7) is 4.86. The molecular formula is C14H27ClN2O. The number of halogens is 1. The average Bonchev–Trinajstić information content (AvgIpc) is 2.83. The highest BCUT2D eigenvalue weighted by Gasteiger charge is 2.34. The Hall–Kier alpha value is -0.280. The van der Waals surface area contributed by atoms with Crippen molar-refractivity contribution in [3.8, 4) is 0 Å². The highest BCUT2D eigenvalue weighted by atomic mass is 35.5. The van der Waals surface area contributed by atoms with Gasteiger partial charge in [0.25, 0.3) is 0 Å². The first-order valence-electron chi connectivity index (χ1n) is 7.20. The lowest BCUT2D eigenvalue weighted by atomic mass is 9.82. The topological polar surface area (TPSA) is 41.1 Å². The summed E-state index contributed by atoms with van der Waals surface area (Å²) in [6.07, 6.45) is 8.83. The first kappa shape index (κ1) is 15.8. The van der Waals surface area contributed by atoms with Crippen LogP contribution >= 0.6 is 12.4 Å². The van der Waals surface area contributed by atoms with Gasteiger partial charge in [-0.25, -0.2) is 0 Å². The normalized spacial score (nSPS) is 28.7. The Balaban J connectivity index is 0.00000162. The number of amides is 1. The zero-order valence-electron chi connectivity index (χ0n) is 11.5. The molecule has 2 N–H and O–H groups in total. The molecule has 1 saturated heterocycles. The van der Waals surface area contributed by atoms with Crippen LogP contribution < -0.4 is 10.6 Å². The van der Waals surface area contributed by atoms with Crippen LogP contribution in [-0.2, 0) is 4.79 Å². The molecule has 0 aromatic rings. The van der Waals surface area contributed by atoms with Crippen LogP contribution in [0.2, 0.25) is 0 Å². The van der Waals surface area contributed by atoms with Gasteiger partial charge in [-0.1, -0.05) is 25.7 Å². The van der Waals surface area contributed by atoms with Crippen molar-refractivity contribution < 1.29 is 4.79 Å². The zero-order valence-corrected chi connectivity index (χ0v) is 12.3. The second-order valence-corrected chi connectivity index (χ2v) is 6.04. The van der Waals surface area contributed by atoms with Gasteiger partial charge in [0.05, 0.1) is 5.41 Å². The fraction of sp³-hybridized carbons (Fsp3) is 0.929. The Kier molecular flexibility index (Phi) is 6.44. The maximum Gasteiger partial charge on any atom is 0.227 e. The number of hydrogen-bond donors (Lipinski definition) is 2. The molecule has 2 rings (SSSR count). The first-order chi connectivity index (χ1) is 8.21. The van der Waals surface area contributed by atoms with Crippen molar-refractivity contribution in [2.75, 3.05) is 19.6 Å². The van der Waals surface area contributed by atoms with E-state index < -0.39 is 0 Å². The highest BCUT2D eigenvalue weighted by Crippen LogP contribution is 2.28. The molecule has 1 saturated carbocycles. The maximum atomic E-state index is 12.1. The fourth-order valence-electron chi connectivity index (χ4n) is 3.15. The van der Waals surface area contributed by atoms with Gasteiger partial charge in [-0.15, -0.1) is 12.4 Å². The number of carbonyl (C=O) groups excluding carboxylic acids is 1. The van der Waals surface area contributed by atoms with Crippen LogP contribution in [0.3, 0.4) is 0 Å². The summed E-state index contributed by atoms with van der Waals surface area (Å²) in [4.78, 5) is 12.1. The maximum absolute atomic E-state index is 12.1. The molecule has 0 aromatic heterocycles. The van der Waals surface area contributed by atoms with E-state index in [4.69, 9.17) is 0 Å². The van der Waals surface area contributed by atoms with Crippen molar-refractivity contribution in [2.45, 2.75) is 51.9 Å². The van der Waals surface area contributed by atoms with Crippen LogP contribution in [0.15, 0.2) is 0 Å². The van der Waals surface area contributed by atoms with E-state index in [-0.39, 0.29) is 23.7 Å². The summed E-state index contributed by atoms with van der Waals surface area (Å²) in [5.74, 6) is 1.12. The zero-order chi connectivity index (χ0) is 12.1. The van der Waals surface area contributed by atoms with Crippen LogP contribution in [-0.4, -0.2) is 25.5 Å². The largest absolute Gasteiger partial charge is 0.356 e. The first-order valence-corrected chi connectivity index (χ1v) is 7.20. The Labute approximate surface area is 117 Å². The minimum absolute atomic E-state index is 0. The van der Waals surface area contributed by atoms with Gasteiger partial charge in [0.2, 0.25) is 5.91 Å². The molecule has 4 heteroatoms. The molecule has 2 aliphatic rings. The summed E-state index contributed by atoms with van der Waals surface area (Å²) in [6, 6.07) is 0. The molecular weight excluding hydrogens is 248 g/mol. The van der Waals surface area contributed by atoms with Gasteiger partial charge in [-0.05, 0) is 38.6 Å². The van der Waals surface area contributed by atoms with Crippen LogP contribution in [0.5, 0.6) is 0 Å². The summed E-state index contributed by atoms with van der Waals surface area (Å²) in [5.41, 5.74) is -0.173. The lowest BCUT2D eigenvalue weighted by Gasteiger charge is -2.32. The summed E-state index contributed by atoms with van der Waals surface area (Å²) in [7, 11) is 0. The standard InChI is InChI=1S/C14H26N2O.ClH/c1-14(8-4-9-15-11-14)13(17)16-10-7-12-5-2-3-6-12;/h12,15H,2-11H2,1H3,(H,16,17);1H. The number of hydrogen-bond acceptors (Lipinski definition) is 2. The molecule has 0 radical (unpaired) electrons. The van der Waals surface area contributed by atoms with Crippen LogP contribution in [0.4, 0.5) is 0 Å². The van der Waals surface area contributed by atoms with E-state index in [0.717, 1.165) is 38.4 Å². The number of rotatable bonds is 4. The molecule has 0 bridgehead atoms. The van der Waals surface area contributed by atoms with Crippen molar-refractivity contribution in [3.63, 3.8) is 0 Å². The van der Waals surface area contributed by atoms with Crippen molar-refractivity contribution in [1.29, 1.82) is 0 Å². The molecule has 106 valence electrons. The Morgan fingerprint density at radius 1 is 1.33 bits per heavy atom. The van der Waals surface area contributed by atoms with Crippen LogP contribution in [0.1, 0.15) is 51.9 Å². The molecule has 1 aliphatic carbocycles. The molecule has 1 amide bonds. The Morgan fingerprint density at radius 2 is 2.06 bits per heavy atom. The van der Waals surface area contributed by atoms with Crippen molar-refractivity contribution >= 4 is 18.3 Å². The van der Waals surface area contributed by atoms with Gasteiger partial charge in [0.15, 0.2) is 0 Å². The molecule has 2 fully saturated rings. The van der Waals surface area contributed by atoms with E-state index in [1.165, 1.54) is 32.1 Å². The minimum atomic E-state index is -0.173. The molecule has 1 atom stereocenters. The summed E-state index contributed by atoms with van der Waals surface area (Å²) < 4.78 is 0. The van der Waals surface area contributed by atoms with Gasteiger partial charge < -0.3 is 10.6 Å². The highest BCUT2D eigenvalue weighted by molar-refractivity contribution is 5.85. The second kappa shape index (κ2) is 7.34. The monoisotopic (exact) mass is 274 g/mol. The molecule has 0 spiro atoms. The molecule has 0 aromatic carbocycles. The van der Waals surface area contributed by atoms with E-state index in [1.807, 2.05) is 0 Å². The molecule has 18 heavy (non-hydrogen) atoms. The third-order valence-corrected chi connectivity index (χ3v) is 4.46. The van der Waals surface area contributed by atoms with Crippen LogP contribution in [0.25, 0.3) is 0 Å². The lowest BCUT2D eigenvalue weighted by Crippen LogP contribution is -2.48. The molecule has 1 unspecified atom stereocenters. The van der Waals surface area contributed by atoms with E-state index in [9.17, 15) is 4.79 Å². The van der Waals surface area contributed by atoms with E-state index >= 15 is 0 Å². The van der Waals surface area contributed by atoms with E-state index in [0.29, 0.717) is 0 Å². The third kappa shape index (κ3) is 4.13. The smallest absolute Gasteiger partial charge is 0.227 e. The van der Waals surface area contributed by atoms with E-state index in [1.54, 1.807) is 0 Å². The SMILES string of the molecule is CC1(C(=O)NCCC2CCCC2)CCCNC1.Cl. The summed E-state index contributed by atoms with van der Waals surface area (Å²) in [5, 5.41) is 6.47. The van der Waals surface area contributed by atoms with Gasteiger partial charge in [0, 0.05) is 13.1 Å². The minimum Gasteiger partial charge on any atom is -0.356 e. The van der Waals surface area contributed by atoms with Gasteiger partial charge in [0.1, 0.15) is 0 Å². The molecule has 3 nitrogen and oxygen atoms in total. The quantitative estimate of drug-likeness (QED) is 0.827. The van der Waals surface area contributed by atoms with Crippen molar-refractivity contribution in [2.24, 2.45) is 11.3 Å². The van der Waals surface area contributed by atoms with Gasteiger partial charge in [-0.2, -0.15) is 0 Å².